The van der Waals surface area contributed by atoms with Crippen LogP contribution in [0.3, 0.4) is 0 Å². The number of likely N-dealkylation sites (tertiary alicyclic amines) is 1. The number of aromatic nitrogens is 4. The molecule has 4 aromatic rings. The number of aromatic amines is 1. The van der Waals surface area contributed by atoms with Gasteiger partial charge in [-0.25, -0.2) is 23.5 Å². The van der Waals surface area contributed by atoms with E-state index in [1.54, 1.807) is 32.6 Å². The van der Waals surface area contributed by atoms with Gasteiger partial charge in [0, 0.05) is 69.5 Å². The molecule has 6 rings (SSSR count). The number of carboxylic acids is 1. The van der Waals surface area contributed by atoms with Crippen LogP contribution in [0.5, 0.6) is 0 Å². The molecule has 0 amide bonds. The lowest BCUT2D eigenvalue weighted by Crippen LogP contribution is -2.35. The molecule has 0 spiro atoms. The van der Waals surface area contributed by atoms with E-state index in [0.717, 1.165) is 25.6 Å². The first-order chi connectivity index (χ1) is 19.6. The van der Waals surface area contributed by atoms with Gasteiger partial charge in [0.1, 0.15) is 28.4 Å². The van der Waals surface area contributed by atoms with Crippen molar-refractivity contribution >= 4 is 39.4 Å². The number of hydrogen-bond donors (Lipinski definition) is 3. The molecule has 10 nitrogen and oxygen atoms in total. The van der Waals surface area contributed by atoms with Gasteiger partial charge in [-0.1, -0.05) is 6.58 Å². The summed E-state index contributed by atoms with van der Waals surface area (Å²) in [4.78, 5) is 41.3. The number of hydrogen-bond acceptors (Lipinski definition) is 7. The predicted molar refractivity (Wildman–Crippen MR) is 153 cm³/mol. The number of nitrogens with one attached hydrogen (secondary N) is 2. The summed E-state index contributed by atoms with van der Waals surface area (Å²) in [6.07, 6.45) is 6.47. The highest BCUT2D eigenvalue weighted by atomic mass is 19.1. The lowest BCUT2D eigenvalue weighted by Gasteiger charge is -2.29. The third-order valence-electron chi connectivity index (χ3n) is 8.15. The third-order valence-corrected chi connectivity index (χ3v) is 8.15. The molecule has 0 saturated carbocycles. The van der Waals surface area contributed by atoms with E-state index in [1.807, 2.05) is 0 Å². The molecule has 0 bridgehead atoms. The number of H-pyrrole nitrogens is 1. The summed E-state index contributed by atoms with van der Waals surface area (Å²) in [5, 5.41) is 12.8. The molecule has 2 atom stereocenters. The number of pyridine rings is 3. The Morgan fingerprint density at radius 1 is 1.27 bits per heavy atom. The molecule has 0 aliphatic carbocycles. The van der Waals surface area contributed by atoms with E-state index in [-0.39, 0.29) is 39.4 Å². The van der Waals surface area contributed by atoms with Crippen molar-refractivity contribution in [3.8, 4) is 11.1 Å². The van der Waals surface area contributed by atoms with E-state index in [2.05, 4.69) is 43.7 Å². The summed E-state index contributed by atoms with van der Waals surface area (Å²) >= 11 is 0. The summed E-state index contributed by atoms with van der Waals surface area (Å²) in [6.45, 7) is 5.69. The highest BCUT2D eigenvalue weighted by molar-refractivity contribution is 6.02. The molecule has 4 aromatic heterocycles. The number of anilines is 1. The van der Waals surface area contributed by atoms with Gasteiger partial charge in [0.05, 0.1) is 22.2 Å². The number of carbonyl (C=O) groups is 1. The fourth-order valence-corrected chi connectivity index (χ4v) is 6.34. The third kappa shape index (κ3) is 4.26. The quantitative estimate of drug-likeness (QED) is 0.306. The standard InChI is InChI=1S/C29H29F2N7O3/c1-14(30)7-20(32-2)24-23(31)22-25(38-6-5-15-11-36(3)13-21(15)38)18(10-33-27(22)35-24)16-8-17-26(39)19(29(40)41)12-37(4)28(17)34-9-16/h7-10,12,15,21,32H,1,5-6,11,13H2,2-4H3,(H,33,35)(H,40,41)/b20-7+. The molecule has 12 heteroatoms. The maximum atomic E-state index is 16.4. The molecular formula is C29H29F2N7O3. The van der Waals surface area contributed by atoms with Gasteiger partial charge in [-0.3, -0.25) is 4.79 Å². The van der Waals surface area contributed by atoms with E-state index in [9.17, 15) is 19.1 Å². The Morgan fingerprint density at radius 3 is 2.76 bits per heavy atom. The average Bonchev–Trinajstić information content (AvgIpc) is 3.60. The smallest absolute Gasteiger partial charge is 0.341 e. The fourth-order valence-electron chi connectivity index (χ4n) is 6.34. The van der Waals surface area contributed by atoms with Crippen molar-refractivity contribution in [2.75, 3.05) is 38.6 Å². The minimum Gasteiger partial charge on any atom is -0.477 e. The zero-order valence-electron chi connectivity index (χ0n) is 22.8. The van der Waals surface area contributed by atoms with Gasteiger partial charge in [-0.2, -0.15) is 0 Å². The van der Waals surface area contributed by atoms with Crippen LogP contribution in [-0.4, -0.2) is 75.3 Å². The van der Waals surface area contributed by atoms with Crippen LogP contribution in [0.15, 0.2) is 47.9 Å². The summed E-state index contributed by atoms with van der Waals surface area (Å²) in [6, 6.07) is 1.72. The fraction of sp³-hybridized carbons (Fsp3) is 0.310. The number of allylic oxidation sites excluding steroid dienone is 2. The molecule has 2 aliphatic heterocycles. The van der Waals surface area contributed by atoms with Gasteiger partial charge in [0.25, 0.3) is 0 Å². The average molecular weight is 562 g/mol. The monoisotopic (exact) mass is 561 g/mol. The Labute approximate surface area is 233 Å². The van der Waals surface area contributed by atoms with E-state index < -0.39 is 23.0 Å². The van der Waals surface area contributed by atoms with Crippen LogP contribution in [0.25, 0.3) is 38.9 Å². The first-order valence-corrected chi connectivity index (χ1v) is 13.2. The van der Waals surface area contributed by atoms with Crippen LogP contribution in [0.2, 0.25) is 0 Å². The van der Waals surface area contributed by atoms with Crippen molar-refractivity contribution in [2.45, 2.75) is 12.5 Å². The topological polar surface area (TPSA) is 119 Å². The number of halogens is 2. The molecule has 2 unspecified atom stereocenters. The van der Waals surface area contributed by atoms with Gasteiger partial charge < -0.3 is 29.8 Å². The normalized spacial score (nSPS) is 19.3. The molecule has 3 N–H and O–H groups in total. The number of rotatable bonds is 6. The molecule has 2 saturated heterocycles. The maximum Gasteiger partial charge on any atom is 0.341 e. The van der Waals surface area contributed by atoms with Crippen molar-refractivity contribution in [3.05, 3.63) is 70.4 Å². The van der Waals surface area contributed by atoms with Crippen molar-refractivity contribution in [1.82, 2.24) is 29.7 Å². The Kier molecular flexibility index (Phi) is 6.37. The largest absolute Gasteiger partial charge is 0.477 e. The lowest BCUT2D eigenvalue weighted by atomic mass is 10.0. The van der Waals surface area contributed by atoms with Gasteiger partial charge in [-0.15, -0.1) is 0 Å². The van der Waals surface area contributed by atoms with E-state index in [0.29, 0.717) is 34.9 Å². The van der Waals surface area contributed by atoms with Gasteiger partial charge in [-0.05, 0) is 31.5 Å². The Morgan fingerprint density at radius 2 is 2.05 bits per heavy atom. The van der Waals surface area contributed by atoms with E-state index >= 15 is 4.39 Å². The van der Waals surface area contributed by atoms with Crippen LogP contribution in [0.4, 0.5) is 14.5 Å². The van der Waals surface area contributed by atoms with Crippen molar-refractivity contribution in [1.29, 1.82) is 0 Å². The SMILES string of the molecule is C=C(F)/C=C(/NC)c1[nH]c2ncc(-c3cnc4c(c3)c(=O)c(C(=O)O)cn4C)c(N3CCC4CN(C)CC43)c2c1F. The first kappa shape index (κ1) is 26.6. The summed E-state index contributed by atoms with van der Waals surface area (Å²) in [5.74, 6) is -2.26. The first-order valence-electron chi connectivity index (χ1n) is 13.2. The summed E-state index contributed by atoms with van der Waals surface area (Å²) < 4.78 is 31.6. The lowest BCUT2D eigenvalue weighted by molar-refractivity contribution is 0.0695. The van der Waals surface area contributed by atoms with E-state index in [1.165, 1.54) is 10.8 Å². The molecule has 212 valence electrons. The second kappa shape index (κ2) is 9.81. The number of nitrogens with zero attached hydrogens (tertiary/aromatic N) is 5. The molecule has 2 aliphatic rings. The van der Waals surface area contributed by atoms with Crippen LogP contribution < -0.4 is 15.6 Å². The maximum absolute atomic E-state index is 16.4. The Balaban J connectivity index is 1.64. The predicted octanol–water partition coefficient (Wildman–Crippen LogP) is 3.50. The van der Waals surface area contributed by atoms with E-state index in [4.69, 9.17) is 0 Å². The molecule has 6 heterocycles. The number of aromatic carboxylic acids is 1. The number of aryl methyl sites for hydroxylation is 1. The summed E-state index contributed by atoms with van der Waals surface area (Å²) in [7, 11) is 5.24. The highest BCUT2D eigenvalue weighted by Gasteiger charge is 2.42. The van der Waals surface area contributed by atoms with Gasteiger partial charge >= 0.3 is 5.97 Å². The summed E-state index contributed by atoms with van der Waals surface area (Å²) in [5.41, 5.74) is 1.46. The number of fused-ring (bicyclic) bond motifs is 3. The van der Waals surface area contributed by atoms with Crippen molar-refractivity contribution in [2.24, 2.45) is 13.0 Å². The second-order valence-corrected chi connectivity index (χ2v) is 10.7. The minimum absolute atomic E-state index is 0.0445. The molecule has 41 heavy (non-hydrogen) atoms. The zero-order valence-corrected chi connectivity index (χ0v) is 22.8. The minimum atomic E-state index is -1.33. The van der Waals surface area contributed by atoms with Crippen molar-refractivity contribution in [3.63, 3.8) is 0 Å². The Bertz CT molecular complexity index is 1840. The van der Waals surface area contributed by atoms with Crippen LogP contribution >= 0.6 is 0 Å². The van der Waals surface area contributed by atoms with Crippen LogP contribution in [0.1, 0.15) is 22.5 Å². The molecule has 0 radical (unpaired) electrons. The van der Waals surface area contributed by atoms with Gasteiger partial charge in [0.2, 0.25) is 5.43 Å². The molecule has 0 aromatic carbocycles. The zero-order chi connectivity index (χ0) is 29.2. The molecule has 2 fully saturated rings. The van der Waals surface area contributed by atoms with Crippen LogP contribution in [-0.2, 0) is 7.05 Å². The van der Waals surface area contributed by atoms with Crippen molar-refractivity contribution < 1.29 is 18.7 Å². The van der Waals surface area contributed by atoms with Gasteiger partial charge in [0.15, 0.2) is 5.82 Å². The second-order valence-electron chi connectivity index (χ2n) is 10.7. The number of likely N-dealkylation sites (N-methyl/N-ethyl adjacent to an activating group) is 1. The van der Waals surface area contributed by atoms with Crippen LogP contribution in [0, 0.1) is 11.7 Å². The molecular weight excluding hydrogens is 532 g/mol. The number of carboxylic acid groups (broad SMARTS) is 1. The highest BCUT2D eigenvalue weighted by Crippen LogP contribution is 2.44. The Hall–Kier alpha value is -4.58.